The van der Waals surface area contributed by atoms with Crippen molar-refractivity contribution in [1.82, 2.24) is 4.98 Å². The maximum atomic E-state index is 13.9. The Balaban J connectivity index is 1.36. The predicted molar refractivity (Wildman–Crippen MR) is 119 cm³/mol. The maximum Gasteiger partial charge on any atom is 0.165 e. The van der Waals surface area contributed by atoms with E-state index >= 15 is 0 Å². The zero-order valence-corrected chi connectivity index (χ0v) is 17.7. The van der Waals surface area contributed by atoms with Crippen LogP contribution in [-0.2, 0) is 12.0 Å². The molecule has 5 rings (SSSR count). The summed E-state index contributed by atoms with van der Waals surface area (Å²) in [6, 6.07) is 17.0. The van der Waals surface area contributed by atoms with Gasteiger partial charge in [0.05, 0.1) is 5.56 Å². The number of nitrogens with zero attached hydrogens (tertiary/aromatic N) is 1. The summed E-state index contributed by atoms with van der Waals surface area (Å²) < 4.78 is 46.7. The third kappa shape index (κ3) is 4.21. The molecule has 3 aromatic carbocycles. The topological polar surface area (TPSA) is 39.2 Å². The highest BCUT2D eigenvalue weighted by atomic mass is 19.1. The van der Waals surface area contributed by atoms with E-state index in [4.69, 9.17) is 4.74 Å². The average molecular weight is 447 g/mol. The molecular weight excluding hydrogens is 427 g/mol. The number of carbonyl (C=O) groups excluding carboxylic acids is 1. The average Bonchev–Trinajstić information content (AvgIpc) is 3.59. The van der Waals surface area contributed by atoms with Gasteiger partial charge in [-0.2, -0.15) is 0 Å². The second-order valence-corrected chi connectivity index (χ2v) is 8.43. The van der Waals surface area contributed by atoms with Crippen LogP contribution in [0.5, 0.6) is 5.75 Å². The summed E-state index contributed by atoms with van der Waals surface area (Å²) in [5, 5.41) is 0.694. The number of rotatable bonds is 7. The van der Waals surface area contributed by atoms with Crippen molar-refractivity contribution in [3.8, 4) is 5.75 Å². The summed E-state index contributed by atoms with van der Waals surface area (Å²) in [4.78, 5) is 17.4. The lowest BCUT2D eigenvalue weighted by Crippen LogP contribution is -2.14. The van der Waals surface area contributed by atoms with Gasteiger partial charge in [-0.25, -0.2) is 13.2 Å². The highest BCUT2D eigenvalue weighted by Gasteiger charge is 2.45. The van der Waals surface area contributed by atoms with E-state index in [1.165, 1.54) is 36.5 Å². The molecule has 0 radical (unpaired) electrons. The molecule has 0 amide bonds. The Morgan fingerprint density at radius 2 is 1.64 bits per heavy atom. The van der Waals surface area contributed by atoms with Gasteiger partial charge in [0.2, 0.25) is 0 Å². The molecule has 33 heavy (non-hydrogen) atoms. The second kappa shape index (κ2) is 8.35. The van der Waals surface area contributed by atoms with E-state index in [0.717, 1.165) is 18.4 Å². The highest BCUT2D eigenvalue weighted by Crippen LogP contribution is 2.51. The fraction of sp³-hybridized carbons (Fsp3) is 0.185. The molecule has 1 heterocycles. The molecule has 166 valence electrons. The molecule has 3 nitrogen and oxygen atoms in total. The zero-order chi connectivity index (χ0) is 23.0. The van der Waals surface area contributed by atoms with Gasteiger partial charge in [0.1, 0.15) is 35.3 Å². The van der Waals surface area contributed by atoms with Crippen molar-refractivity contribution in [2.75, 3.05) is 0 Å². The van der Waals surface area contributed by atoms with Crippen LogP contribution in [0.4, 0.5) is 13.2 Å². The van der Waals surface area contributed by atoms with E-state index in [-0.39, 0.29) is 29.2 Å². The van der Waals surface area contributed by atoms with E-state index in [2.05, 4.69) is 4.98 Å². The van der Waals surface area contributed by atoms with Crippen LogP contribution in [0, 0.1) is 17.5 Å². The molecule has 1 fully saturated rings. The minimum atomic E-state index is -0.675. The van der Waals surface area contributed by atoms with Crippen LogP contribution < -0.4 is 4.74 Å². The standard InChI is InChI=1S/C27H20F3NO2/c28-20-9-7-19(8-10-20)27(11-12-27)14-24(32)18-13-17-3-1-6-25(26(17)31-15-18)33-16-21-22(29)4-2-5-23(21)30/h1-10,13,15H,11-12,14,16H2. The smallest absolute Gasteiger partial charge is 0.165 e. The molecule has 0 N–H and O–H groups in total. The summed E-state index contributed by atoms with van der Waals surface area (Å²) >= 11 is 0. The molecule has 0 bridgehead atoms. The maximum absolute atomic E-state index is 13.9. The van der Waals surface area contributed by atoms with Crippen molar-refractivity contribution in [2.24, 2.45) is 0 Å². The third-order valence-corrected chi connectivity index (χ3v) is 6.24. The Morgan fingerprint density at radius 1 is 0.939 bits per heavy atom. The lowest BCUT2D eigenvalue weighted by molar-refractivity contribution is 0.0969. The van der Waals surface area contributed by atoms with Gasteiger partial charge in [-0.3, -0.25) is 9.78 Å². The minimum absolute atomic E-state index is 0.0361. The number of ether oxygens (including phenoxy) is 1. The number of fused-ring (bicyclic) bond motifs is 1. The summed E-state index contributed by atoms with van der Waals surface area (Å²) in [7, 11) is 0. The van der Waals surface area contributed by atoms with Gasteiger partial charge >= 0.3 is 0 Å². The van der Waals surface area contributed by atoms with Crippen LogP contribution >= 0.6 is 0 Å². The summed E-state index contributed by atoms with van der Waals surface area (Å²) in [5.41, 5.74) is 1.56. The summed E-state index contributed by atoms with van der Waals surface area (Å²) in [6.45, 7) is -0.278. The Hall–Kier alpha value is -3.67. The lowest BCUT2D eigenvalue weighted by atomic mass is 9.88. The minimum Gasteiger partial charge on any atom is -0.486 e. The molecule has 4 aromatic rings. The van der Waals surface area contributed by atoms with Crippen molar-refractivity contribution in [2.45, 2.75) is 31.3 Å². The normalized spacial score (nSPS) is 14.3. The van der Waals surface area contributed by atoms with Crippen LogP contribution in [0.15, 0.2) is 72.9 Å². The number of carbonyl (C=O) groups is 1. The molecule has 0 unspecified atom stereocenters. The first kappa shape index (κ1) is 21.2. The fourth-order valence-corrected chi connectivity index (χ4v) is 4.15. The molecule has 1 aliphatic carbocycles. The van der Waals surface area contributed by atoms with Gasteiger partial charge in [0.15, 0.2) is 5.78 Å². The first-order valence-electron chi connectivity index (χ1n) is 10.7. The van der Waals surface area contributed by atoms with Crippen LogP contribution in [-0.4, -0.2) is 10.8 Å². The lowest BCUT2D eigenvalue weighted by Gasteiger charge is -2.15. The van der Waals surface area contributed by atoms with Crippen molar-refractivity contribution in [1.29, 1.82) is 0 Å². The number of hydrogen-bond acceptors (Lipinski definition) is 3. The SMILES string of the molecule is O=C(CC1(c2ccc(F)cc2)CC1)c1cnc2c(OCc3c(F)cccc3F)cccc2c1. The van der Waals surface area contributed by atoms with Gasteiger partial charge in [0.25, 0.3) is 0 Å². The quantitative estimate of drug-likeness (QED) is 0.302. The molecule has 0 spiro atoms. The Morgan fingerprint density at radius 3 is 2.33 bits per heavy atom. The van der Waals surface area contributed by atoms with Crippen LogP contribution in [0.2, 0.25) is 0 Å². The Labute approximate surface area is 188 Å². The number of hydrogen-bond donors (Lipinski definition) is 0. The van der Waals surface area contributed by atoms with Gasteiger partial charge in [0, 0.05) is 29.0 Å². The summed E-state index contributed by atoms with van der Waals surface area (Å²) in [6.07, 6.45) is 3.60. The van der Waals surface area contributed by atoms with Crippen molar-refractivity contribution < 1.29 is 22.7 Å². The van der Waals surface area contributed by atoms with E-state index in [9.17, 15) is 18.0 Å². The van der Waals surface area contributed by atoms with Gasteiger partial charge in [-0.1, -0.05) is 30.3 Å². The number of pyridine rings is 1. The van der Waals surface area contributed by atoms with E-state index in [0.29, 0.717) is 28.6 Å². The second-order valence-electron chi connectivity index (χ2n) is 8.43. The fourth-order valence-electron chi connectivity index (χ4n) is 4.15. The first-order chi connectivity index (χ1) is 15.9. The zero-order valence-electron chi connectivity index (χ0n) is 17.7. The van der Waals surface area contributed by atoms with Gasteiger partial charge < -0.3 is 4.74 Å². The van der Waals surface area contributed by atoms with Crippen molar-refractivity contribution >= 4 is 16.7 Å². The Bertz CT molecular complexity index is 1330. The van der Waals surface area contributed by atoms with Crippen molar-refractivity contribution in [3.05, 3.63) is 107 Å². The molecule has 1 saturated carbocycles. The number of Topliss-reactive ketones (excluding diaryl/α,β-unsaturated/α-hetero) is 1. The van der Waals surface area contributed by atoms with Crippen LogP contribution in [0.25, 0.3) is 10.9 Å². The molecule has 0 aliphatic heterocycles. The monoisotopic (exact) mass is 447 g/mol. The summed E-state index contributed by atoms with van der Waals surface area (Å²) in [5.74, 6) is -1.31. The molecule has 1 aliphatic rings. The highest BCUT2D eigenvalue weighted by molar-refractivity contribution is 6.00. The van der Waals surface area contributed by atoms with Crippen LogP contribution in [0.1, 0.15) is 40.7 Å². The number of para-hydroxylation sites is 1. The van der Waals surface area contributed by atoms with Gasteiger partial charge in [-0.15, -0.1) is 0 Å². The molecule has 0 atom stereocenters. The number of halogens is 3. The molecule has 1 aromatic heterocycles. The van der Waals surface area contributed by atoms with Crippen molar-refractivity contribution in [3.63, 3.8) is 0 Å². The van der Waals surface area contributed by atoms with E-state index < -0.39 is 11.6 Å². The van der Waals surface area contributed by atoms with E-state index in [1.807, 2.05) is 6.07 Å². The largest absolute Gasteiger partial charge is 0.486 e. The molecular formula is C27H20F3NO2. The molecule has 0 saturated heterocycles. The van der Waals surface area contributed by atoms with Gasteiger partial charge in [-0.05, 0) is 54.8 Å². The van der Waals surface area contributed by atoms with Crippen LogP contribution in [0.3, 0.4) is 0 Å². The number of ketones is 1. The Kier molecular flexibility index (Phi) is 5.36. The number of benzene rings is 3. The predicted octanol–water partition coefficient (Wildman–Crippen LogP) is 6.54. The number of aromatic nitrogens is 1. The van der Waals surface area contributed by atoms with E-state index in [1.54, 1.807) is 30.3 Å². The first-order valence-corrected chi connectivity index (χ1v) is 10.7. The third-order valence-electron chi connectivity index (χ3n) is 6.24. The molecule has 6 heteroatoms.